The largest absolute Gasteiger partial charge is 0.378 e. The fourth-order valence-corrected chi connectivity index (χ4v) is 3.84. The summed E-state index contributed by atoms with van der Waals surface area (Å²) in [5, 5.41) is 0. The maximum Gasteiger partial charge on any atom is 0.160 e. The Morgan fingerprint density at radius 3 is 2.81 bits per heavy atom. The maximum absolute atomic E-state index is 5.92. The molecular weight excluding hydrogens is 262 g/mol. The van der Waals surface area contributed by atoms with Crippen molar-refractivity contribution in [3.05, 3.63) is 24.2 Å². The van der Waals surface area contributed by atoms with Gasteiger partial charge in [0.25, 0.3) is 0 Å². The van der Waals surface area contributed by atoms with Gasteiger partial charge in [-0.2, -0.15) is 0 Å². The zero-order valence-electron chi connectivity index (χ0n) is 12.5. The van der Waals surface area contributed by atoms with Crippen LogP contribution >= 0.6 is 0 Å². The molecule has 0 N–H and O–H groups in total. The molecule has 0 radical (unpaired) electrons. The lowest BCUT2D eigenvalue weighted by molar-refractivity contribution is 0.0150. The monoisotopic (exact) mass is 285 g/mol. The van der Waals surface area contributed by atoms with Gasteiger partial charge in [-0.3, -0.25) is 0 Å². The summed E-state index contributed by atoms with van der Waals surface area (Å²) in [5.41, 5.74) is 2.10. The molecule has 1 aliphatic heterocycles. The summed E-state index contributed by atoms with van der Waals surface area (Å²) in [5.74, 6) is 1.18. The lowest BCUT2D eigenvalue weighted by atomic mass is 10.1. The van der Waals surface area contributed by atoms with Crippen LogP contribution in [0.5, 0.6) is 0 Å². The van der Waals surface area contributed by atoms with Crippen molar-refractivity contribution in [2.45, 2.75) is 63.5 Å². The molecule has 1 saturated heterocycles. The molecule has 1 unspecified atom stereocenters. The number of imidazole rings is 1. The van der Waals surface area contributed by atoms with E-state index in [1.54, 1.807) is 0 Å². The molecule has 2 aromatic heterocycles. The average Bonchev–Trinajstić information content (AvgIpc) is 3.14. The average molecular weight is 285 g/mol. The Hall–Kier alpha value is -1.42. The van der Waals surface area contributed by atoms with E-state index in [2.05, 4.69) is 15.6 Å². The number of pyridine rings is 1. The first-order valence-electron chi connectivity index (χ1n) is 8.35. The molecule has 1 atom stereocenters. The predicted octanol–water partition coefficient (Wildman–Crippen LogP) is 3.66. The molecule has 0 spiro atoms. The Kier molecular flexibility index (Phi) is 3.63. The summed E-state index contributed by atoms with van der Waals surface area (Å²) >= 11 is 0. The van der Waals surface area contributed by atoms with Crippen molar-refractivity contribution < 1.29 is 4.74 Å². The SMILES string of the molecule is c1cnc2c(c1)nc(CC1CCCCO1)n2C1CCCC1. The third-order valence-electron chi connectivity index (χ3n) is 4.90. The van der Waals surface area contributed by atoms with Crippen molar-refractivity contribution in [1.29, 1.82) is 0 Å². The van der Waals surface area contributed by atoms with E-state index in [1.807, 2.05) is 12.3 Å². The van der Waals surface area contributed by atoms with Gasteiger partial charge in [0.2, 0.25) is 0 Å². The van der Waals surface area contributed by atoms with Gasteiger partial charge < -0.3 is 9.30 Å². The smallest absolute Gasteiger partial charge is 0.160 e. The fourth-order valence-electron chi connectivity index (χ4n) is 3.84. The van der Waals surface area contributed by atoms with Crippen molar-refractivity contribution in [3.63, 3.8) is 0 Å². The van der Waals surface area contributed by atoms with Gasteiger partial charge in [-0.05, 0) is 44.2 Å². The second-order valence-electron chi connectivity index (χ2n) is 6.38. The minimum absolute atomic E-state index is 0.343. The van der Waals surface area contributed by atoms with Crippen LogP contribution in [0, 0.1) is 0 Å². The van der Waals surface area contributed by atoms with E-state index >= 15 is 0 Å². The summed E-state index contributed by atoms with van der Waals surface area (Å²) in [6, 6.07) is 4.65. The Balaban J connectivity index is 1.70. The Morgan fingerprint density at radius 1 is 1.14 bits per heavy atom. The van der Waals surface area contributed by atoms with Crippen molar-refractivity contribution in [3.8, 4) is 0 Å². The third-order valence-corrected chi connectivity index (χ3v) is 4.90. The van der Waals surface area contributed by atoms with Gasteiger partial charge in [-0.25, -0.2) is 9.97 Å². The number of hydrogen-bond donors (Lipinski definition) is 0. The molecule has 4 heteroatoms. The predicted molar refractivity (Wildman–Crippen MR) is 82.3 cm³/mol. The second-order valence-corrected chi connectivity index (χ2v) is 6.38. The zero-order chi connectivity index (χ0) is 14.1. The van der Waals surface area contributed by atoms with E-state index in [9.17, 15) is 0 Å². The topological polar surface area (TPSA) is 39.9 Å². The molecule has 0 aromatic carbocycles. The number of ether oxygens (including phenoxy) is 1. The molecule has 2 fully saturated rings. The summed E-state index contributed by atoms with van der Waals surface area (Å²) in [6.45, 7) is 0.909. The number of hydrogen-bond acceptors (Lipinski definition) is 3. The Morgan fingerprint density at radius 2 is 2.00 bits per heavy atom. The molecule has 112 valence electrons. The van der Waals surface area contributed by atoms with E-state index in [0.29, 0.717) is 12.1 Å². The molecule has 0 bridgehead atoms. The van der Waals surface area contributed by atoms with E-state index in [-0.39, 0.29) is 0 Å². The fraction of sp³-hybridized carbons (Fsp3) is 0.647. The molecule has 2 aromatic rings. The highest BCUT2D eigenvalue weighted by atomic mass is 16.5. The molecule has 1 aliphatic carbocycles. The van der Waals surface area contributed by atoms with Gasteiger partial charge in [0.1, 0.15) is 11.3 Å². The first kappa shape index (κ1) is 13.3. The van der Waals surface area contributed by atoms with E-state index in [0.717, 1.165) is 24.2 Å². The van der Waals surface area contributed by atoms with Crippen molar-refractivity contribution in [2.75, 3.05) is 6.61 Å². The van der Waals surface area contributed by atoms with Crippen LogP contribution in [0.15, 0.2) is 18.3 Å². The highest BCUT2D eigenvalue weighted by Crippen LogP contribution is 2.33. The number of rotatable bonds is 3. The van der Waals surface area contributed by atoms with Crippen molar-refractivity contribution >= 4 is 11.2 Å². The number of fused-ring (bicyclic) bond motifs is 1. The first-order chi connectivity index (χ1) is 10.4. The Bertz CT molecular complexity index is 610. The van der Waals surface area contributed by atoms with Crippen LogP contribution in [-0.2, 0) is 11.2 Å². The van der Waals surface area contributed by atoms with Gasteiger partial charge >= 0.3 is 0 Å². The van der Waals surface area contributed by atoms with Crippen LogP contribution in [-0.4, -0.2) is 27.2 Å². The van der Waals surface area contributed by atoms with Crippen LogP contribution in [0.3, 0.4) is 0 Å². The molecule has 1 saturated carbocycles. The molecule has 21 heavy (non-hydrogen) atoms. The normalized spacial score (nSPS) is 23.9. The number of aromatic nitrogens is 3. The number of nitrogens with zero attached hydrogens (tertiary/aromatic N) is 3. The molecule has 4 nitrogen and oxygen atoms in total. The highest BCUT2D eigenvalue weighted by Gasteiger charge is 2.25. The summed E-state index contributed by atoms with van der Waals surface area (Å²) in [7, 11) is 0. The van der Waals surface area contributed by atoms with Crippen LogP contribution in [0.1, 0.15) is 56.8 Å². The minimum Gasteiger partial charge on any atom is -0.378 e. The lowest BCUT2D eigenvalue weighted by Gasteiger charge is -2.23. The van der Waals surface area contributed by atoms with E-state index < -0.39 is 0 Å². The van der Waals surface area contributed by atoms with Gasteiger partial charge in [0.05, 0.1) is 6.10 Å². The van der Waals surface area contributed by atoms with Gasteiger partial charge in [0.15, 0.2) is 5.65 Å². The van der Waals surface area contributed by atoms with Crippen LogP contribution in [0.25, 0.3) is 11.2 Å². The van der Waals surface area contributed by atoms with Gasteiger partial charge in [0, 0.05) is 25.3 Å². The molecular formula is C17H23N3O. The van der Waals surface area contributed by atoms with Gasteiger partial charge in [-0.1, -0.05) is 12.8 Å². The van der Waals surface area contributed by atoms with Crippen LogP contribution in [0.2, 0.25) is 0 Å². The lowest BCUT2D eigenvalue weighted by Crippen LogP contribution is -2.24. The molecule has 0 amide bonds. The van der Waals surface area contributed by atoms with Gasteiger partial charge in [-0.15, -0.1) is 0 Å². The van der Waals surface area contributed by atoms with E-state index in [1.165, 1.54) is 50.8 Å². The van der Waals surface area contributed by atoms with E-state index in [4.69, 9.17) is 9.72 Å². The van der Waals surface area contributed by atoms with Crippen molar-refractivity contribution in [2.24, 2.45) is 0 Å². The second kappa shape index (κ2) is 5.76. The molecule has 4 rings (SSSR count). The third kappa shape index (κ3) is 2.57. The standard InChI is InChI=1S/C17H23N3O/c1-2-7-13(6-1)20-16(12-14-8-3-4-11-21-14)19-15-9-5-10-18-17(15)20/h5,9-10,13-14H,1-4,6-8,11-12H2. The van der Waals surface area contributed by atoms with Crippen LogP contribution in [0.4, 0.5) is 0 Å². The van der Waals surface area contributed by atoms with Crippen molar-refractivity contribution in [1.82, 2.24) is 14.5 Å². The minimum atomic E-state index is 0.343. The zero-order valence-corrected chi connectivity index (χ0v) is 12.5. The summed E-state index contributed by atoms with van der Waals surface area (Å²) in [4.78, 5) is 9.47. The quantitative estimate of drug-likeness (QED) is 0.864. The molecule has 2 aliphatic rings. The summed E-state index contributed by atoms with van der Waals surface area (Å²) in [6.07, 6.45) is 12.0. The molecule has 3 heterocycles. The highest BCUT2D eigenvalue weighted by molar-refractivity contribution is 5.71. The Labute approximate surface area is 125 Å². The maximum atomic E-state index is 5.92. The first-order valence-corrected chi connectivity index (χ1v) is 8.35. The van der Waals surface area contributed by atoms with Crippen LogP contribution < -0.4 is 0 Å². The summed E-state index contributed by atoms with van der Waals surface area (Å²) < 4.78 is 8.34.